The highest BCUT2D eigenvalue weighted by Crippen LogP contribution is 2.13. The number of nitrogens with zero attached hydrogens (tertiary/aromatic N) is 8. The maximum atomic E-state index is 9.05. The highest BCUT2D eigenvalue weighted by atomic mass is 15.2. The van der Waals surface area contributed by atoms with Gasteiger partial charge in [-0.1, -0.05) is 6.58 Å². The molecule has 0 radical (unpaired) electrons. The summed E-state index contributed by atoms with van der Waals surface area (Å²) in [6.45, 7) is 3.73. The van der Waals surface area contributed by atoms with Crippen LogP contribution in [0.5, 0.6) is 0 Å². The Morgan fingerprint density at radius 3 is 1.55 bits per heavy atom. The monoisotopic (exact) mass is 260 g/mol. The Hall–Kier alpha value is -3.88. The van der Waals surface area contributed by atoms with Crippen LogP contribution in [0, 0.1) is 51.1 Å². The van der Waals surface area contributed by atoms with E-state index in [0.29, 0.717) is 0 Å². The van der Waals surface area contributed by atoms with Crippen LogP contribution in [0.3, 0.4) is 0 Å². The normalized spacial score (nSPS) is 9.00. The molecule has 0 aliphatic heterocycles. The summed E-state index contributed by atoms with van der Waals surface area (Å²) in [5.41, 5.74) is -0.109. The van der Waals surface area contributed by atoms with Gasteiger partial charge in [0.15, 0.2) is 22.8 Å². The summed E-state index contributed by atoms with van der Waals surface area (Å²) in [7, 11) is 0. The SMILES string of the molecule is C=C(n1cnc(C#N)c1C#N)n1cnc(C#N)c1C#N. The Balaban J connectivity index is 2.61. The molecule has 8 nitrogen and oxygen atoms in total. The summed E-state index contributed by atoms with van der Waals surface area (Å²) in [6, 6.07) is 7.24. The summed E-state index contributed by atoms with van der Waals surface area (Å²) < 4.78 is 2.50. The maximum absolute atomic E-state index is 9.05. The van der Waals surface area contributed by atoms with Gasteiger partial charge in [-0.2, -0.15) is 21.0 Å². The van der Waals surface area contributed by atoms with Gasteiger partial charge in [0.2, 0.25) is 0 Å². The molecular weight excluding hydrogens is 256 g/mol. The molecule has 0 saturated carbocycles. The Morgan fingerprint density at radius 1 is 0.850 bits per heavy atom. The second-order valence-corrected chi connectivity index (χ2v) is 3.49. The van der Waals surface area contributed by atoms with Gasteiger partial charge in [0.05, 0.1) is 0 Å². The van der Waals surface area contributed by atoms with Crippen molar-refractivity contribution < 1.29 is 0 Å². The predicted octanol–water partition coefficient (Wildman–Crippen LogP) is 0.360. The minimum atomic E-state index is -0.0484. The fourth-order valence-electron chi connectivity index (χ4n) is 1.58. The Bertz CT molecular complexity index is 796. The Labute approximate surface area is 113 Å². The number of hydrogen-bond donors (Lipinski definition) is 0. The minimum absolute atomic E-state index is 0.00593. The summed E-state index contributed by atoms with van der Waals surface area (Å²) in [4.78, 5) is 7.54. The van der Waals surface area contributed by atoms with E-state index in [1.54, 1.807) is 12.1 Å². The van der Waals surface area contributed by atoms with Crippen molar-refractivity contribution in [3.8, 4) is 24.3 Å². The largest absolute Gasteiger partial charge is 0.275 e. The molecule has 0 atom stereocenters. The topological polar surface area (TPSA) is 131 Å². The predicted molar refractivity (Wildman–Crippen MR) is 63.0 cm³/mol. The lowest BCUT2D eigenvalue weighted by molar-refractivity contribution is 0.746. The van der Waals surface area contributed by atoms with Gasteiger partial charge < -0.3 is 0 Å². The van der Waals surface area contributed by atoms with Crippen molar-refractivity contribution in [1.29, 1.82) is 21.0 Å². The van der Waals surface area contributed by atoms with E-state index < -0.39 is 0 Å². The van der Waals surface area contributed by atoms with Gasteiger partial charge in [-0.25, -0.2) is 9.97 Å². The summed E-state index contributed by atoms with van der Waals surface area (Å²) in [5, 5.41) is 35.8. The number of nitriles is 4. The molecule has 2 aromatic rings. The Morgan fingerprint density at radius 2 is 1.25 bits per heavy atom. The number of imidazole rings is 2. The Kier molecular flexibility index (Phi) is 3.00. The standard InChI is InChI=1S/C12H4N8/c1-8(19-6-17-9(2-13)11(19)4-15)20-7-18-10(3-14)12(20)5-16/h6-7H,1H2. The quantitative estimate of drug-likeness (QED) is 0.765. The number of hydrogen-bond acceptors (Lipinski definition) is 6. The van der Waals surface area contributed by atoms with Crippen LogP contribution in [0.1, 0.15) is 22.8 Å². The summed E-state index contributed by atoms with van der Waals surface area (Å²) >= 11 is 0. The third-order valence-electron chi connectivity index (χ3n) is 2.51. The van der Waals surface area contributed by atoms with Crippen LogP contribution in [0.4, 0.5) is 0 Å². The first-order chi connectivity index (χ1) is 9.67. The van der Waals surface area contributed by atoms with E-state index in [-0.39, 0.29) is 28.6 Å². The molecule has 8 heteroatoms. The zero-order valence-corrected chi connectivity index (χ0v) is 9.94. The van der Waals surface area contributed by atoms with Crippen molar-refractivity contribution in [2.24, 2.45) is 0 Å². The second kappa shape index (κ2) is 4.78. The lowest BCUT2D eigenvalue weighted by atomic mass is 10.3. The van der Waals surface area contributed by atoms with E-state index in [2.05, 4.69) is 16.5 Å². The van der Waals surface area contributed by atoms with E-state index in [1.165, 1.54) is 21.8 Å². The molecule has 2 heterocycles. The van der Waals surface area contributed by atoms with Crippen LogP contribution in [0.25, 0.3) is 0 Å². The molecule has 92 valence electrons. The second-order valence-electron chi connectivity index (χ2n) is 3.49. The van der Waals surface area contributed by atoms with E-state index in [9.17, 15) is 0 Å². The average Bonchev–Trinajstić information content (AvgIpc) is 3.08. The first-order valence-electron chi connectivity index (χ1n) is 5.12. The molecule has 0 spiro atoms. The molecule has 2 rings (SSSR count). The van der Waals surface area contributed by atoms with Gasteiger partial charge in [-0.05, 0) is 0 Å². The first kappa shape index (κ1) is 12.6. The van der Waals surface area contributed by atoms with Crippen LogP contribution in [0.15, 0.2) is 19.2 Å². The van der Waals surface area contributed by atoms with Crippen molar-refractivity contribution in [2.75, 3.05) is 0 Å². The fraction of sp³-hybridized carbons (Fsp3) is 0. The van der Waals surface area contributed by atoms with E-state index >= 15 is 0 Å². The molecule has 0 aliphatic carbocycles. The molecule has 0 aliphatic rings. The molecule has 0 N–H and O–H groups in total. The van der Waals surface area contributed by atoms with E-state index in [0.717, 1.165) is 0 Å². The average molecular weight is 260 g/mol. The third kappa shape index (κ3) is 1.67. The molecule has 0 amide bonds. The molecule has 0 saturated heterocycles. The third-order valence-corrected chi connectivity index (χ3v) is 2.51. The van der Waals surface area contributed by atoms with Crippen molar-refractivity contribution in [1.82, 2.24) is 19.1 Å². The van der Waals surface area contributed by atoms with Crippen molar-refractivity contribution in [3.05, 3.63) is 47.8 Å². The molecule has 20 heavy (non-hydrogen) atoms. The van der Waals surface area contributed by atoms with Crippen molar-refractivity contribution >= 4 is 0 Å². The van der Waals surface area contributed by atoms with Gasteiger partial charge in [0.25, 0.3) is 0 Å². The van der Waals surface area contributed by atoms with Gasteiger partial charge in [-0.3, -0.25) is 9.13 Å². The molecule has 2 aromatic heterocycles. The zero-order valence-electron chi connectivity index (χ0n) is 9.94. The minimum Gasteiger partial charge on any atom is -0.275 e. The van der Waals surface area contributed by atoms with Gasteiger partial charge in [0.1, 0.15) is 42.8 Å². The van der Waals surface area contributed by atoms with Gasteiger partial charge >= 0.3 is 0 Å². The molecule has 0 fully saturated rings. The van der Waals surface area contributed by atoms with Crippen molar-refractivity contribution in [3.63, 3.8) is 0 Å². The molecule has 0 unspecified atom stereocenters. The lowest BCUT2D eigenvalue weighted by Crippen LogP contribution is -2.12. The van der Waals surface area contributed by atoms with Crippen LogP contribution in [-0.2, 0) is 0 Å². The highest BCUT2D eigenvalue weighted by Gasteiger charge is 2.17. The fourth-order valence-corrected chi connectivity index (χ4v) is 1.58. The van der Waals surface area contributed by atoms with Crippen LogP contribution in [-0.4, -0.2) is 19.1 Å². The number of aromatic nitrogens is 4. The number of rotatable bonds is 2. The first-order valence-corrected chi connectivity index (χ1v) is 5.12. The molecular formula is C12H4N8. The maximum Gasteiger partial charge on any atom is 0.177 e. The zero-order chi connectivity index (χ0) is 14.7. The summed E-state index contributed by atoms with van der Waals surface area (Å²) in [5.74, 6) is 0.168. The van der Waals surface area contributed by atoms with E-state index in [4.69, 9.17) is 21.0 Å². The van der Waals surface area contributed by atoms with Crippen LogP contribution >= 0.6 is 0 Å². The smallest absolute Gasteiger partial charge is 0.177 e. The molecule has 0 aromatic carbocycles. The van der Waals surface area contributed by atoms with Gasteiger partial charge in [-0.15, -0.1) is 0 Å². The van der Waals surface area contributed by atoms with Crippen LogP contribution in [0.2, 0.25) is 0 Å². The lowest BCUT2D eigenvalue weighted by Gasteiger charge is -2.09. The van der Waals surface area contributed by atoms with Crippen LogP contribution < -0.4 is 0 Å². The summed E-state index contributed by atoms with van der Waals surface area (Å²) in [6.07, 6.45) is 2.49. The van der Waals surface area contributed by atoms with Crippen molar-refractivity contribution in [2.45, 2.75) is 0 Å². The van der Waals surface area contributed by atoms with E-state index in [1.807, 2.05) is 12.1 Å². The van der Waals surface area contributed by atoms with Gasteiger partial charge in [0, 0.05) is 0 Å². The highest BCUT2D eigenvalue weighted by molar-refractivity contribution is 5.40. The molecule has 0 bridgehead atoms.